The van der Waals surface area contributed by atoms with E-state index in [1.54, 1.807) is 11.3 Å². The summed E-state index contributed by atoms with van der Waals surface area (Å²) in [7, 11) is 0. The normalized spacial score (nSPS) is 12.8. The SMILES string of the molecule is CC(N)CCC(=O)Cc1csc2ccccc12. The lowest BCUT2D eigenvalue weighted by Crippen LogP contribution is -2.16. The summed E-state index contributed by atoms with van der Waals surface area (Å²) in [6, 6.07) is 8.33. The van der Waals surface area contributed by atoms with Crippen LogP contribution in [0.15, 0.2) is 29.6 Å². The molecule has 2 aromatic rings. The highest BCUT2D eigenvalue weighted by Crippen LogP contribution is 2.26. The highest BCUT2D eigenvalue weighted by atomic mass is 32.1. The van der Waals surface area contributed by atoms with Crippen LogP contribution >= 0.6 is 11.3 Å². The lowest BCUT2D eigenvalue weighted by Gasteiger charge is -2.03. The zero-order chi connectivity index (χ0) is 12.3. The summed E-state index contributed by atoms with van der Waals surface area (Å²) >= 11 is 1.70. The molecule has 1 unspecified atom stereocenters. The van der Waals surface area contributed by atoms with Crippen LogP contribution in [0.4, 0.5) is 0 Å². The number of fused-ring (bicyclic) bond motifs is 1. The molecule has 0 radical (unpaired) electrons. The Morgan fingerprint density at radius 1 is 1.41 bits per heavy atom. The second kappa shape index (κ2) is 5.43. The van der Waals surface area contributed by atoms with Gasteiger partial charge in [-0.15, -0.1) is 11.3 Å². The third-order valence-electron chi connectivity index (χ3n) is 2.83. The fourth-order valence-electron chi connectivity index (χ4n) is 1.86. The van der Waals surface area contributed by atoms with Crippen molar-refractivity contribution in [2.24, 2.45) is 5.73 Å². The maximum atomic E-state index is 11.8. The number of carbonyl (C=O) groups excluding carboxylic acids is 1. The minimum absolute atomic E-state index is 0.109. The molecular formula is C14H17NOS. The van der Waals surface area contributed by atoms with Crippen LogP contribution in [-0.4, -0.2) is 11.8 Å². The van der Waals surface area contributed by atoms with E-state index in [9.17, 15) is 4.79 Å². The Bertz CT molecular complexity index is 516. The maximum absolute atomic E-state index is 11.8. The average molecular weight is 247 g/mol. The van der Waals surface area contributed by atoms with E-state index in [2.05, 4.69) is 17.5 Å². The number of rotatable bonds is 5. The van der Waals surface area contributed by atoms with E-state index in [4.69, 9.17) is 5.73 Å². The molecule has 1 atom stereocenters. The Hall–Kier alpha value is -1.19. The number of nitrogens with two attached hydrogens (primary N) is 1. The van der Waals surface area contributed by atoms with Crippen molar-refractivity contribution in [3.63, 3.8) is 0 Å². The number of benzene rings is 1. The van der Waals surface area contributed by atoms with Crippen LogP contribution < -0.4 is 5.73 Å². The molecule has 0 aliphatic rings. The van der Waals surface area contributed by atoms with Crippen molar-refractivity contribution in [1.29, 1.82) is 0 Å². The van der Waals surface area contributed by atoms with Crippen molar-refractivity contribution in [3.8, 4) is 0 Å². The van der Waals surface area contributed by atoms with Crippen LogP contribution in [-0.2, 0) is 11.2 Å². The van der Waals surface area contributed by atoms with Gasteiger partial charge in [-0.2, -0.15) is 0 Å². The largest absolute Gasteiger partial charge is 0.328 e. The Morgan fingerprint density at radius 3 is 2.94 bits per heavy atom. The van der Waals surface area contributed by atoms with Crippen molar-refractivity contribution >= 4 is 27.2 Å². The second-order valence-electron chi connectivity index (χ2n) is 4.49. The zero-order valence-corrected chi connectivity index (χ0v) is 10.8. The van der Waals surface area contributed by atoms with Gasteiger partial charge in [-0.3, -0.25) is 4.79 Å². The van der Waals surface area contributed by atoms with Crippen molar-refractivity contribution in [2.45, 2.75) is 32.2 Å². The molecule has 3 heteroatoms. The first-order valence-electron chi connectivity index (χ1n) is 5.89. The molecule has 0 saturated heterocycles. The molecule has 2 rings (SSSR count). The van der Waals surface area contributed by atoms with Gasteiger partial charge < -0.3 is 5.73 Å². The summed E-state index contributed by atoms with van der Waals surface area (Å²) in [6.45, 7) is 1.94. The smallest absolute Gasteiger partial charge is 0.137 e. The minimum atomic E-state index is 0.109. The predicted molar refractivity (Wildman–Crippen MR) is 73.4 cm³/mol. The molecule has 1 aromatic heterocycles. The first-order valence-corrected chi connectivity index (χ1v) is 6.77. The Morgan fingerprint density at radius 2 is 2.18 bits per heavy atom. The molecule has 1 heterocycles. The highest BCUT2D eigenvalue weighted by Gasteiger charge is 2.09. The van der Waals surface area contributed by atoms with Gasteiger partial charge in [0.25, 0.3) is 0 Å². The summed E-state index contributed by atoms with van der Waals surface area (Å²) in [5.74, 6) is 0.283. The molecule has 0 saturated carbocycles. The van der Waals surface area contributed by atoms with E-state index in [-0.39, 0.29) is 11.8 Å². The standard InChI is InChI=1S/C14H17NOS/c1-10(15)6-7-12(16)8-11-9-17-14-5-3-2-4-13(11)14/h2-5,9-10H,6-8,15H2,1H3. The Balaban J connectivity index is 2.06. The number of thiophene rings is 1. The fourth-order valence-corrected chi connectivity index (χ4v) is 2.82. The van der Waals surface area contributed by atoms with Crippen LogP contribution in [0.3, 0.4) is 0 Å². The van der Waals surface area contributed by atoms with E-state index in [1.807, 2.05) is 19.1 Å². The summed E-state index contributed by atoms with van der Waals surface area (Å²) < 4.78 is 1.25. The molecule has 0 spiro atoms. The number of carbonyl (C=O) groups is 1. The molecule has 0 amide bonds. The van der Waals surface area contributed by atoms with Crippen LogP contribution in [0.2, 0.25) is 0 Å². The van der Waals surface area contributed by atoms with Gasteiger partial charge in [0.2, 0.25) is 0 Å². The number of ketones is 1. The Labute approximate surface area is 105 Å². The van der Waals surface area contributed by atoms with Crippen molar-refractivity contribution < 1.29 is 4.79 Å². The fraction of sp³-hybridized carbons (Fsp3) is 0.357. The molecular weight excluding hydrogens is 230 g/mol. The summed E-state index contributed by atoms with van der Waals surface area (Å²) in [4.78, 5) is 11.8. The van der Waals surface area contributed by atoms with Gasteiger partial charge in [-0.05, 0) is 35.7 Å². The third-order valence-corrected chi connectivity index (χ3v) is 3.84. The van der Waals surface area contributed by atoms with E-state index in [0.717, 1.165) is 12.0 Å². The molecule has 17 heavy (non-hydrogen) atoms. The molecule has 2 nitrogen and oxygen atoms in total. The van der Waals surface area contributed by atoms with Gasteiger partial charge in [-0.1, -0.05) is 18.2 Å². The monoisotopic (exact) mass is 247 g/mol. The lowest BCUT2D eigenvalue weighted by molar-refractivity contribution is -0.118. The van der Waals surface area contributed by atoms with E-state index >= 15 is 0 Å². The average Bonchev–Trinajstić information content (AvgIpc) is 2.70. The van der Waals surface area contributed by atoms with Gasteiger partial charge >= 0.3 is 0 Å². The molecule has 0 aliphatic carbocycles. The third kappa shape index (κ3) is 3.14. The van der Waals surface area contributed by atoms with Gasteiger partial charge in [0, 0.05) is 23.6 Å². The van der Waals surface area contributed by atoms with Crippen LogP contribution in [0.25, 0.3) is 10.1 Å². The Kier molecular flexibility index (Phi) is 3.92. The van der Waals surface area contributed by atoms with Gasteiger partial charge in [-0.25, -0.2) is 0 Å². The van der Waals surface area contributed by atoms with Crippen molar-refractivity contribution in [2.75, 3.05) is 0 Å². The maximum Gasteiger partial charge on any atom is 0.137 e. The molecule has 1 aromatic carbocycles. The van der Waals surface area contributed by atoms with Crippen LogP contribution in [0, 0.1) is 0 Å². The van der Waals surface area contributed by atoms with E-state index < -0.39 is 0 Å². The van der Waals surface area contributed by atoms with Crippen molar-refractivity contribution in [3.05, 3.63) is 35.2 Å². The zero-order valence-electron chi connectivity index (χ0n) is 9.98. The molecule has 2 N–H and O–H groups in total. The molecule has 90 valence electrons. The number of hydrogen-bond acceptors (Lipinski definition) is 3. The quantitative estimate of drug-likeness (QED) is 0.882. The first-order chi connectivity index (χ1) is 8.16. The topological polar surface area (TPSA) is 43.1 Å². The van der Waals surface area contributed by atoms with Crippen LogP contribution in [0.1, 0.15) is 25.3 Å². The lowest BCUT2D eigenvalue weighted by atomic mass is 10.0. The van der Waals surface area contributed by atoms with Gasteiger partial charge in [0.05, 0.1) is 0 Å². The van der Waals surface area contributed by atoms with Crippen molar-refractivity contribution in [1.82, 2.24) is 0 Å². The number of hydrogen-bond donors (Lipinski definition) is 1. The molecule has 0 aliphatic heterocycles. The molecule has 0 fully saturated rings. The van der Waals surface area contributed by atoms with Gasteiger partial charge in [0.15, 0.2) is 0 Å². The first kappa shape index (κ1) is 12.3. The van der Waals surface area contributed by atoms with Gasteiger partial charge in [0.1, 0.15) is 5.78 Å². The highest BCUT2D eigenvalue weighted by molar-refractivity contribution is 7.17. The summed E-state index contributed by atoms with van der Waals surface area (Å²) in [5.41, 5.74) is 6.81. The minimum Gasteiger partial charge on any atom is -0.328 e. The van der Waals surface area contributed by atoms with E-state index in [0.29, 0.717) is 12.8 Å². The summed E-state index contributed by atoms with van der Waals surface area (Å²) in [6.07, 6.45) is 1.90. The second-order valence-corrected chi connectivity index (χ2v) is 5.40. The molecule has 0 bridgehead atoms. The van der Waals surface area contributed by atoms with Crippen LogP contribution in [0.5, 0.6) is 0 Å². The number of Topliss-reactive ketones (excluding diaryl/α,β-unsaturated/α-hetero) is 1. The summed E-state index contributed by atoms with van der Waals surface area (Å²) in [5, 5.41) is 3.31. The van der Waals surface area contributed by atoms with E-state index in [1.165, 1.54) is 10.1 Å². The predicted octanol–water partition coefficient (Wildman–Crippen LogP) is 3.14.